The van der Waals surface area contributed by atoms with Crippen molar-refractivity contribution >= 4 is 0 Å². The quantitative estimate of drug-likeness (QED) is 0.806. The summed E-state index contributed by atoms with van der Waals surface area (Å²) in [4.78, 5) is 5.11. The summed E-state index contributed by atoms with van der Waals surface area (Å²) in [6.45, 7) is 7.07. The van der Waals surface area contributed by atoms with Gasteiger partial charge in [0, 0.05) is 18.6 Å². The van der Waals surface area contributed by atoms with E-state index in [1.54, 1.807) is 0 Å². The van der Waals surface area contributed by atoms with Crippen LogP contribution in [0.3, 0.4) is 0 Å². The maximum atomic E-state index is 3.76. The molecule has 1 saturated heterocycles. The molecule has 0 bridgehead atoms. The van der Waals surface area contributed by atoms with Crippen molar-refractivity contribution in [3.8, 4) is 0 Å². The standard InChI is InChI=1S/C15H31N3/c1-4-16-14(11-13-7-5-8-13)15-12-17(2)9-6-10-18(15)3/h13-16H,4-12H2,1-3H3. The van der Waals surface area contributed by atoms with Crippen LogP contribution in [0.2, 0.25) is 0 Å². The van der Waals surface area contributed by atoms with Gasteiger partial charge in [-0.25, -0.2) is 0 Å². The summed E-state index contributed by atoms with van der Waals surface area (Å²) >= 11 is 0. The monoisotopic (exact) mass is 253 g/mol. The molecule has 0 aromatic rings. The van der Waals surface area contributed by atoms with E-state index in [0.717, 1.165) is 12.5 Å². The Morgan fingerprint density at radius 2 is 1.94 bits per heavy atom. The summed E-state index contributed by atoms with van der Waals surface area (Å²) in [6.07, 6.45) is 7.09. The van der Waals surface area contributed by atoms with Crippen LogP contribution in [0.1, 0.15) is 39.0 Å². The fourth-order valence-corrected chi connectivity index (χ4v) is 3.47. The smallest absolute Gasteiger partial charge is 0.0373 e. The van der Waals surface area contributed by atoms with Gasteiger partial charge in [-0.2, -0.15) is 0 Å². The van der Waals surface area contributed by atoms with Crippen LogP contribution in [-0.2, 0) is 0 Å². The van der Waals surface area contributed by atoms with Gasteiger partial charge in [0.2, 0.25) is 0 Å². The maximum Gasteiger partial charge on any atom is 0.0373 e. The molecule has 0 amide bonds. The van der Waals surface area contributed by atoms with E-state index in [9.17, 15) is 0 Å². The lowest BCUT2D eigenvalue weighted by molar-refractivity contribution is 0.146. The van der Waals surface area contributed by atoms with Crippen LogP contribution in [-0.4, -0.2) is 62.2 Å². The summed E-state index contributed by atoms with van der Waals surface area (Å²) in [5.74, 6) is 0.996. The molecule has 0 aromatic carbocycles. The SMILES string of the molecule is CCNC(CC1CCC1)C1CN(C)CCCN1C. The molecule has 1 N–H and O–H groups in total. The number of rotatable bonds is 5. The van der Waals surface area contributed by atoms with Crippen molar-refractivity contribution in [2.45, 2.75) is 51.1 Å². The molecule has 0 spiro atoms. The number of hydrogen-bond donors (Lipinski definition) is 1. The second-order valence-electron chi connectivity index (χ2n) is 6.36. The highest BCUT2D eigenvalue weighted by atomic mass is 15.2. The maximum absolute atomic E-state index is 3.76. The van der Waals surface area contributed by atoms with Crippen LogP contribution in [0.5, 0.6) is 0 Å². The highest BCUT2D eigenvalue weighted by molar-refractivity contribution is 4.90. The lowest BCUT2D eigenvalue weighted by Gasteiger charge is -2.38. The lowest BCUT2D eigenvalue weighted by atomic mass is 9.79. The van der Waals surface area contributed by atoms with Gasteiger partial charge >= 0.3 is 0 Å². The Kier molecular flexibility index (Phi) is 5.46. The molecular formula is C15H31N3. The zero-order valence-corrected chi connectivity index (χ0v) is 12.5. The van der Waals surface area contributed by atoms with Gasteiger partial charge in [0.1, 0.15) is 0 Å². The largest absolute Gasteiger partial charge is 0.313 e. The van der Waals surface area contributed by atoms with Crippen LogP contribution < -0.4 is 5.32 Å². The first-order valence-electron chi connectivity index (χ1n) is 7.83. The summed E-state index contributed by atoms with van der Waals surface area (Å²) in [7, 11) is 4.59. The van der Waals surface area contributed by atoms with Crippen molar-refractivity contribution in [2.75, 3.05) is 40.3 Å². The summed E-state index contributed by atoms with van der Waals surface area (Å²) in [5.41, 5.74) is 0. The molecule has 106 valence electrons. The fourth-order valence-electron chi connectivity index (χ4n) is 3.47. The van der Waals surface area contributed by atoms with Gasteiger partial charge in [-0.15, -0.1) is 0 Å². The summed E-state index contributed by atoms with van der Waals surface area (Å²) in [6, 6.07) is 1.38. The Labute approximate surface area is 113 Å². The average molecular weight is 253 g/mol. The topological polar surface area (TPSA) is 18.5 Å². The zero-order chi connectivity index (χ0) is 13.0. The minimum absolute atomic E-state index is 0.686. The number of nitrogens with zero attached hydrogens (tertiary/aromatic N) is 2. The highest BCUT2D eigenvalue weighted by Gasteiger charge is 2.31. The summed E-state index contributed by atoms with van der Waals surface area (Å²) in [5, 5.41) is 3.76. The Hall–Kier alpha value is -0.120. The van der Waals surface area contributed by atoms with Crippen LogP contribution >= 0.6 is 0 Å². The van der Waals surface area contributed by atoms with Crippen molar-refractivity contribution in [3.63, 3.8) is 0 Å². The normalized spacial score (nSPS) is 29.8. The zero-order valence-electron chi connectivity index (χ0n) is 12.5. The van der Waals surface area contributed by atoms with Gasteiger partial charge in [-0.3, -0.25) is 0 Å². The molecule has 0 aromatic heterocycles. The van der Waals surface area contributed by atoms with E-state index in [1.165, 1.54) is 51.7 Å². The van der Waals surface area contributed by atoms with Crippen LogP contribution in [0.4, 0.5) is 0 Å². The molecule has 3 nitrogen and oxygen atoms in total. The Morgan fingerprint density at radius 3 is 2.56 bits per heavy atom. The lowest BCUT2D eigenvalue weighted by Crippen LogP contribution is -2.53. The van der Waals surface area contributed by atoms with E-state index in [2.05, 4.69) is 36.1 Å². The molecule has 18 heavy (non-hydrogen) atoms. The minimum atomic E-state index is 0.686. The van der Waals surface area contributed by atoms with Crippen LogP contribution in [0.25, 0.3) is 0 Å². The number of likely N-dealkylation sites (N-methyl/N-ethyl adjacent to an activating group) is 3. The molecular weight excluding hydrogens is 222 g/mol. The molecule has 1 heterocycles. The molecule has 2 aliphatic rings. The van der Waals surface area contributed by atoms with E-state index in [0.29, 0.717) is 12.1 Å². The molecule has 2 unspecified atom stereocenters. The first kappa shape index (κ1) is 14.3. The van der Waals surface area contributed by atoms with Gasteiger partial charge in [0.05, 0.1) is 0 Å². The van der Waals surface area contributed by atoms with Gasteiger partial charge < -0.3 is 15.1 Å². The third kappa shape index (κ3) is 3.69. The summed E-state index contributed by atoms with van der Waals surface area (Å²) < 4.78 is 0. The van der Waals surface area contributed by atoms with E-state index < -0.39 is 0 Å². The van der Waals surface area contributed by atoms with E-state index in [1.807, 2.05) is 0 Å². The number of nitrogens with one attached hydrogen (secondary N) is 1. The number of hydrogen-bond acceptors (Lipinski definition) is 3. The van der Waals surface area contributed by atoms with Crippen molar-refractivity contribution in [1.82, 2.24) is 15.1 Å². The van der Waals surface area contributed by atoms with Gasteiger partial charge in [0.25, 0.3) is 0 Å². The third-order valence-electron chi connectivity index (χ3n) is 4.86. The predicted octanol–water partition coefficient (Wildman–Crippen LogP) is 1.79. The van der Waals surface area contributed by atoms with Crippen molar-refractivity contribution < 1.29 is 0 Å². The van der Waals surface area contributed by atoms with E-state index in [-0.39, 0.29) is 0 Å². The van der Waals surface area contributed by atoms with Gasteiger partial charge in [-0.05, 0) is 52.5 Å². The molecule has 1 saturated carbocycles. The second kappa shape index (κ2) is 6.88. The Balaban J connectivity index is 1.96. The fraction of sp³-hybridized carbons (Fsp3) is 1.00. The molecule has 2 rings (SSSR count). The minimum Gasteiger partial charge on any atom is -0.313 e. The van der Waals surface area contributed by atoms with Crippen molar-refractivity contribution in [2.24, 2.45) is 5.92 Å². The van der Waals surface area contributed by atoms with Crippen molar-refractivity contribution in [1.29, 1.82) is 0 Å². The molecule has 1 aliphatic heterocycles. The molecule has 2 fully saturated rings. The Bertz CT molecular complexity index is 240. The predicted molar refractivity (Wildman–Crippen MR) is 78.0 cm³/mol. The molecule has 0 radical (unpaired) electrons. The van der Waals surface area contributed by atoms with Gasteiger partial charge in [0.15, 0.2) is 0 Å². The molecule has 3 heteroatoms. The second-order valence-corrected chi connectivity index (χ2v) is 6.36. The Morgan fingerprint density at radius 1 is 1.17 bits per heavy atom. The first-order valence-corrected chi connectivity index (χ1v) is 7.83. The third-order valence-corrected chi connectivity index (χ3v) is 4.86. The molecule has 2 atom stereocenters. The average Bonchev–Trinajstić information content (AvgIpc) is 2.44. The van der Waals surface area contributed by atoms with E-state index >= 15 is 0 Å². The first-order chi connectivity index (χ1) is 8.70. The van der Waals surface area contributed by atoms with E-state index in [4.69, 9.17) is 0 Å². The highest BCUT2D eigenvalue weighted by Crippen LogP contribution is 2.31. The van der Waals surface area contributed by atoms with Gasteiger partial charge in [-0.1, -0.05) is 26.2 Å². The van der Waals surface area contributed by atoms with Crippen LogP contribution in [0.15, 0.2) is 0 Å². The van der Waals surface area contributed by atoms with Crippen molar-refractivity contribution in [3.05, 3.63) is 0 Å². The van der Waals surface area contributed by atoms with Crippen LogP contribution in [0, 0.1) is 5.92 Å². The molecule has 1 aliphatic carbocycles.